The molecule has 0 amide bonds. The zero-order valence-corrected chi connectivity index (χ0v) is 33.3. The quantitative estimate of drug-likeness (QED) is 0.0997. The normalized spacial score (nSPS) is 15.6. The van der Waals surface area contributed by atoms with Gasteiger partial charge in [0, 0.05) is 55.6 Å². The fraction of sp³-hybridized carbons (Fsp3) is 0.238. The highest BCUT2D eigenvalue weighted by molar-refractivity contribution is 7.29. The highest BCUT2D eigenvalue weighted by Crippen LogP contribution is 2.64. The molecule has 280 valence electrons. The van der Waals surface area contributed by atoms with Crippen molar-refractivity contribution in [3.8, 4) is 77.8 Å². The Morgan fingerprint density at radius 2 is 0.810 bits per heavy atom. The van der Waals surface area contributed by atoms with Crippen molar-refractivity contribution < 1.29 is 17.6 Å². The van der Waals surface area contributed by atoms with Gasteiger partial charge in [0.2, 0.25) is 0 Å². The summed E-state index contributed by atoms with van der Waals surface area (Å²) in [6, 6.07) is 19.2. The van der Waals surface area contributed by atoms with Crippen LogP contribution in [0.2, 0.25) is 0 Å². The molecule has 4 aromatic rings. The smallest absolute Gasteiger partial charge is 0.196 e. The van der Waals surface area contributed by atoms with Crippen LogP contribution in [0.4, 0.5) is 17.6 Å². The van der Waals surface area contributed by atoms with E-state index in [0.29, 0.717) is 19.5 Å². The average molecular weight is 841 g/mol. The van der Waals surface area contributed by atoms with Crippen LogP contribution >= 0.6 is 45.3 Å². The van der Waals surface area contributed by atoms with E-state index in [2.05, 4.69) is 13.8 Å². The second kappa shape index (κ2) is 14.4. The largest absolute Gasteiger partial charge is 0.304 e. The topological polar surface area (TPSA) is 190 Å². The minimum atomic E-state index is -3.93. The number of fused-ring (bicyclic) bond motifs is 5. The maximum absolute atomic E-state index is 15.9. The van der Waals surface area contributed by atoms with Gasteiger partial charge in [0.25, 0.3) is 0 Å². The molecule has 58 heavy (non-hydrogen) atoms. The number of hydrogen-bond donors (Lipinski definition) is 0. The number of allylic oxidation sites excluding steroid dienone is 8. The van der Waals surface area contributed by atoms with Gasteiger partial charge in [-0.3, -0.25) is 0 Å². The Balaban J connectivity index is 1.41. The highest BCUT2D eigenvalue weighted by atomic mass is 32.1. The van der Waals surface area contributed by atoms with Crippen LogP contribution < -0.4 is 0 Å². The van der Waals surface area contributed by atoms with Crippen LogP contribution in [0.3, 0.4) is 0 Å². The summed E-state index contributed by atoms with van der Waals surface area (Å²) in [5, 5.41) is 76.9. The van der Waals surface area contributed by atoms with E-state index in [-0.39, 0.29) is 20.9 Å². The minimum absolute atomic E-state index is 0.0730. The van der Waals surface area contributed by atoms with Crippen molar-refractivity contribution in [3.05, 3.63) is 78.6 Å². The van der Waals surface area contributed by atoms with Crippen LogP contribution in [0.15, 0.2) is 46.6 Å². The summed E-state index contributed by atoms with van der Waals surface area (Å²) in [6.07, 6.45) is 4.62. The third-order valence-corrected chi connectivity index (χ3v) is 15.6. The van der Waals surface area contributed by atoms with Crippen LogP contribution in [-0.4, -0.2) is 11.8 Å². The summed E-state index contributed by atoms with van der Waals surface area (Å²) >= 11 is 4.68. The third kappa shape index (κ3) is 5.55. The lowest BCUT2D eigenvalue weighted by molar-refractivity contribution is 0.138. The lowest BCUT2D eigenvalue weighted by Gasteiger charge is -2.26. The molecule has 0 saturated heterocycles. The predicted molar refractivity (Wildman–Crippen MR) is 212 cm³/mol. The number of halogens is 4. The first-order valence-electron chi connectivity index (χ1n) is 17.3. The van der Waals surface area contributed by atoms with Crippen LogP contribution in [-0.2, 0) is 5.41 Å². The van der Waals surface area contributed by atoms with Crippen molar-refractivity contribution in [2.75, 3.05) is 0 Å². The molecule has 0 radical (unpaired) electrons. The van der Waals surface area contributed by atoms with Crippen LogP contribution in [0.25, 0.3) is 51.6 Å². The second-order valence-electron chi connectivity index (χ2n) is 13.6. The Morgan fingerprint density at radius 1 is 0.483 bits per heavy atom. The van der Waals surface area contributed by atoms with E-state index in [4.69, 9.17) is 0 Å². The molecule has 4 aromatic heterocycles. The molecular formula is C42H20F4N8S4. The molecule has 0 saturated carbocycles. The van der Waals surface area contributed by atoms with Gasteiger partial charge in [-0.2, -0.15) is 59.7 Å². The zero-order chi connectivity index (χ0) is 41.9. The fourth-order valence-electron chi connectivity index (χ4n) is 7.81. The number of nitrogens with zero attached hydrogens (tertiary/aromatic N) is 8. The van der Waals surface area contributed by atoms with Gasteiger partial charge in [-0.1, -0.05) is 39.5 Å². The summed E-state index contributed by atoms with van der Waals surface area (Å²) in [5.41, 5.74) is -5.44. The monoisotopic (exact) mass is 840 g/mol. The zero-order valence-electron chi connectivity index (χ0n) is 30.1. The van der Waals surface area contributed by atoms with Crippen molar-refractivity contribution in [2.24, 2.45) is 0 Å². The summed E-state index contributed by atoms with van der Waals surface area (Å²) < 4.78 is 63.5. The van der Waals surface area contributed by atoms with E-state index in [1.807, 2.05) is 12.1 Å². The summed E-state index contributed by atoms with van der Waals surface area (Å²) in [5.74, 6) is -7.86. The van der Waals surface area contributed by atoms with Crippen molar-refractivity contribution in [1.82, 2.24) is 0 Å². The van der Waals surface area contributed by atoms with Crippen molar-refractivity contribution in [1.29, 1.82) is 42.1 Å². The van der Waals surface area contributed by atoms with Crippen molar-refractivity contribution >= 4 is 67.6 Å². The lowest BCUT2D eigenvalue weighted by atomic mass is 9.77. The molecule has 0 aromatic carbocycles. The molecule has 3 aliphatic carbocycles. The average Bonchev–Trinajstić information content (AvgIpc) is 4.06. The van der Waals surface area contributed by atoms with Gasteiger partial charge in [0.1, 0.15) is 70.8 Å². The van der Waals surface area contributed by atoms with E-state index in [1.165, 1.54) is 83.4 Å². The SMILES string of the molecule is CCCCCCC1(C)c2cc(-c3cc4c(s3)C(=C(C#N)C#N)C(F)(F)C4=C(C#N)C#N)sc2-c2sc(-c3cc4c(s3)C(=C(C#N)C#N)C(F)(F)C4=C(C#N)C#N)cc21. The Labute approximate surface area is 345 Å². The molecule has 0 spiro atoms. The summed E-state index contributed by atoms with van der Waals surface area (Å²) in [7, 11) is 0. The Morgan fingerprint density at radius 3 is 1.16 bits per heavy atom. The molecule has 8 nitrogen and oxygen atoms in total. The van der Waals surface area contributed by atoms with Gasteiger partial charge >= 0.3 is 11.8 Å². The molecule has 0 atom stereocenters. The van der Waals surface area contributed by atoms with E-state index < -0.39 is 61.8 Å². The Hall–Kier alpha value is -6.60. The molecule has 4 heterocycles. The number of rotatable bonds is 7. The number of alkyl halides is 4. The van der Waals surface area contributed by atoms with Gasteiger partial charge in [0.15, 0.2) is 0 Å². The number of unbranched alkanes of at least 4 members (excludes halogenated alkanes) is 3. The maximum atomic E-state index is 15.9. The van der Waals surface area contributed by atoms with Gasteiger partial charge in [-0.15, -0.1) is 45.3 Å². The summed E-state index contributed by atoms with van der Waals surface area (Å²) in [6.45, 7) is 4.22. The van der Waals surface area contributed by atoms with Crippen LogP contribution in [0.1, 0.15) is 78.0 Å². The van der Waals surface area contributed by atoms with Gasteiger partial charge in [0.05, 0.1) is 22.3 Å². The molecule has 0 fully saturated rings. The van der Waals surface area contributed by atoms with E-state index in [0.717, 1.165) is 75.7 Å². The minimum Gasteiger partial charge on any atom is -0.196 e. The van der Waals surface area contributed by atoms with E-state index in [1.54, 1.807) is 0 Å². The van der Waals surface area contributed by atoms with E-state index in [9.17, 15) is 42.1 Å². The number of hydrogen-bond acceptors (Lipinski definition) is 12. The van der Waals surface area contributed by atoms with Crippen molar-refractivity contribution in [2.45, 2.75) is 63.2 Å². The highest BCUT2D eigenvalue weighted by Gasteiger charge is 2.54. The first-order chi connectivity index (χ1) is 27.7. The standard InChI is InChI=1S/C42H20F4N8S4/c1-3-4-5-6-7-40(2)26-10-30(28-8-24-32(20(12-47)13-48)41(43,44)34(36(24)55-28)22(16-51)17-52)57-38(26)39-27(40)11-31(58-39)29-9-25-33(21(14-49)15-50)42(45,46)35(37(25)56-29)23(18-53)19-54/h8-11H,3-7H2,1-2H3. The molecule has 3 aliphatic rings. The predicted octanol–water partition coefficient (Wildman–Crippen LogP) is 12.0. The van der Waals surface area contributed by atoms with Gasteiger partial charge < -0.3 is 0 Å². The van der Waals surface area contributed by atoms with Crippen molar-refractivity contribution in [3.63, 3.8) is 0 Å². The first-order valence-corrected chi connectivity index (χ1v) is 20.6. The molecular weight excluding hydrogens is 821 g/mol. The molecule has 0 unspecified atom stereocenters. The third-order valence-electron chi connectivity index (χ3n) is 10.5. The number of nitriles is 8. The first kappa shape index (κ1) is 39.6. The maximum Gasteiger partial charge on any atom is 0.304 e. The molecule has 0 N–H and O–H groups in total. The summed E-state index contributed by atoms with van der Waals surface area (Å²) in [4.78, 5) is 4.10. The second-order valence-corrected chi connectivity index (χ2v) is 17.8. The lowest BCUT2D eigenvalue weighted by Crippen LogP contribution is -2.19. The Bertz CT molecular complexity index is 2620. The van der Waals surface area contributed by atoms with E-state index >= 15 is 17.6 Å². The van der Waals surface area contributed by atoms with Gasteiger partial charge in [-0.05, 0) is 41.8 Å². The molecule has 16 heteroatoms. The molecule has 7 rings (SSSR count). The van der Waals surface area contributed by atoms with Gasteiger partial charge in [-0.25, -0.2) is 0 Å². The molecule has 0 aliphatic heterocycles. The van der Waals surface area contributed by atoms with Crippen LogP contribution in [0.5, 0.6) is 0 Å². The number of thiophene rings is 4. The van der Waals surface area contributed by atoms with Crippen LogP contribution in [0, 0.1) is 90.6 Å². The fourth-order valence-corrected chi connectivity index (χ4v) is 13.2. The molecule has 0 bridgehead atoms. The Kier molecular flexibility index (Phi) is 9.84.